The third kappa shape index (κ3) is 3.35. The van der Waals surface area contributed by atoms with Crippen molar-refractivity contribution in [3.8, 4) is 0 Å². The van der Waals surface area contributed by atoms with Gasteiger partial charge < -0.3 is 16.2 Å². The Bertz CT molecular complexity index is 660. The molecule has 0 amide bonds. The zero-order chi connectivity index (χ0) is 14.7. The molecule has 20 heavy (non-hydrogen) atoms. The molecule has 4 nitrogen and oxygen atoms in total. The van der Waals surface area contributed by atoms with E-state index in [0.29, 0.717) is 28.0 Å². The SMILES string of the molecule is Nc1ccc(C(=O)O)cc1NCc1ccc(Cl)cc1Cl. The number of carboxylic acids is 1. The molecule has 4 N–H and O–H groups in total. The van der Waals surface area contributed by atoms with Crippen LogP contribution in [0.3, 0.4) is 0 Å². The van der Waals surface area contributed by atoms with Gasteiger partial charge in [-0.1, -0.05) is 29.3 Å². The predicted molar refractivity (Wildman–Crippen MR) is 81.6 cm³/mol. The number of carboxylic acid groups (broad SMARTS) is 1. The number of rotatable bonds is 4. The lowest BCUT2D eigenvalue weighted by Gasteiger charge is -2.11. The van der Waals surface area contributed by atoms with Crippen molar-refractivity contribution in [2.24, 2.45) is 0 Å². The molecule has 0 aliphatic carbocycles. The number of anilines is 2. The van der Waals surface area contributed by atoms with E-state index in [1.807, 2.05) is 0 Å². The minimum absolute atomic E-state index is 0.170. The molecule has 0 aliphatic heterocycles. The summed E-state index contributed by atoms with van der Waals surface area (Å²) >= 11 is 11.9. The molecule has 2 aromatic rings. The van der Waals surface area contributed by atoms with Gasteiger partial charge >= 0.3 is 5.97 Å². The zero-order valence-electron chi connectivity index (χ0n) is 10.4. The summed E-state index contributed by atoms with van der Waals surface area (Å²) in [6, 6.07) is 9.68. The van der Waals surface area contributed by atoms with Gasteiger partial charge in [0.05, 0.1) is 16.9 Å². The second-order valence-corrected chi connectivity index (χ2v) is 5.04. The van der Waals surface area contributed by atoms with Gasteiger partial charge in [0.15, 0.2) is 0 Å². The fourth-order valence-electron chi connectivity index (χ4n) is 1.70. The number of hydrogen-bond donors (Lipinski definition) is 3. The van der Waals surface area contributed by atoms with Gasteiger partial charge in [0.1, 0.15) is 0 Å². The Hall–Kier alpha value is -1.91. The maximum atomic E-state index is 10.9. The van der Waals surface area contributed by atoms with Gasteiger partial charge in [-0.05, 0) is 35.9 Å². The number of aromatic carboxylic acids is 1. The van der Waals surface area contributed by atoms with Crippen LogP contribution >= 0.6 is 23.2 Å². The van der Waals surface area contributed by atoms with Crippen LogP contribution in [-0.2, 0) is 6.54 Å². The molecule has 0 aliphatic rings. The third-order valence-corrected chi connectivity index (χ3v) is 3.37. The Morgan fingerprint density at radius 1 is 1.20 bits per heavy atom. The molecule has 0 radical (unpaired) electrons. The van der Waals surface area contributed by atoms with Crippen molar-refractivity contribution in [2.75, 3.05) is 11.1 Å². The lowest BCUT2D eigenvalue weighted by molar-refractivity contribution is 0.0697. The van der Waals surface area contributed by atoms with E-state index < -0.39 is 5.97 Å². The first-order chi connectivity index (χ1) is 9.47. The summed E-state index contributed by atoms with van der Waals surface area (Å²) in [6.45, 7) is 0.420. The molecule has 2 rings (SSSR count). The van der Waals surface area contributed by atoms with Crippen LogP contribution in [0.4, 0.5) is 11.4 Å². The summed E-state index contributed by atoms with van der Waals surface area (Å²) in [5.74, 6) is -1.00. The molecule has 6 heteroatoms. The number of hydrogen-bond acceptors (Lipinski definition) is 3. The Morgan fingerprint density at radius 2 is 1.95 bits per heavy atom. The van der Waals surface area contributed by atoms with Gasteiger partial charge in [-0.3, -0.25) is 0 Å². The minimum Gasteiger partial charge on any atom is -0.478 e. The fraction of sp³-hybridized carbons (Fsp3) is 0.0714. The Labute approximate surface area is 126 Å². The van der Waals surface area contributed by atoms with Crippen LogP contribution in [0.5, 0.6) is 0 Å². The monoisotopic (exact) mass is 310 g/mol. The lowest BCUT2D eigenvalue weighted by Crippen LogP contribution is -2.05. The van der Waals surface area contributed by atoms with E-state index in [-0.39, 0.29) is 5.56 Å². The van der Waals surface area contributed by atoms with Crippen LogP contribution < -0.4 is 11.1 Å². The smallest absolute Gasteiger partial charge is 0.335 e. The number of nitrogen functional groups attached to an aromatic ring is 1. The van der Waals surface area contributed by atoms with Crippen molar-refractivity contribution in [1.82, 2.24) is 0 Å². The zero-order valence-corrected chi connectivity index (χ0v) is 11.9. The van der Waals surface area contributed by atoms with Crippen LogP contribution in [-0.4, -0.2) is 11.1 Å². The van der Waals surface area contributed by atoms with E-state index in [1.165, 1.54) is 12.1 Å². The molecule has 0 aromatic heterocycles. The topological polar surface area (TPSA) is 75.4 Å². The first-order valence-electron chi connectivity index (χ1n) is 5.78. The predicted octanol–water partition coefficient (Wildman–Crippen LogP) is 3.89. The van der Waals surface area contributed by atoms with Crippen molar-refractivity contribution < 1.29 is 9.90 Å². The maximum absolute atomic E-state index is 10.9. The first kappa shape index (κ1) is 14.5. The summed E-state index contributed by atoms with van der Waals surface area (Å²) in [5, 5.41) is 13.1. The molecule has 2 aromatic carbocycles. The fourth-order valence-corrected chi connectivity index (χ4v) is 2.17. The first-order valence-corrected chi connectivity index (χ1v) is 6.53. The van der Waals surface area contributed by atoms with Crippen LogP contribution in [0.1, 0.15) is 15.9 Å². The average Bonchev–Trinajstić information content (AvgIpc) is 2.39. The summed E-state index contributed by atoms with van der Waals surface area (Å²) < 4.78 is 0. The highest BCUT2D eigenvalue weighted by atomic mass is 35.5. The number of carbonyl (C=O) groups is 1. The van der Waals surface area contributed by atoms with Gasteiger partial charge in [-0.25, -0.2) is 4.79 Å². The molecular weight excluding hydrogens is 299 g/mol. The molecule has 0 fully saturated rings. The van der Waals surface area contributed by atoms with E-state index in [4.69, 9.17) is 34.0 Å². The second kappa shape index (κ2) is 6.03. The molecule has 0 unspecified atom stereocenters. The molecule has 0 saturated heterocycles. The second-order valence-electron chi connectivity index (χ2n) is 4.20. The molecule has 0 spiro atoms. The Kier molecular flexibility index (Phi) is 4.37. The highest BCUT2D eigenvalue weighted by Gasteiger charge is 2.07. The molecule has 0 heterocycles. The normalized spacial score (nSPS) is 10.3. The molecular formula is C14H12Cl2N2O2. The molecule has 104 valence electrons. The largest absolute Gasteiger partial charge is 0.478 e. The van der Waals surface area contributed by atoms with Crippen molar-refractivity contribution in [1.29, 1.82) is 0 Å². The Morgan fingerprint density at radius 3 is 2.60 bits per heavy atom. The van der Waals surface area contributed by atoms with Crippen molar-refractivity contribution in [3.63, 3.8) is 0 Å². The maximum Gasteiger partial charge on any atom is 0.335 e. The third-order valence-electron chi connectivity index (χ3n) is 2.78. The summed E-state index contributed by atoms with van der Waals surface area (Å²) in [6.07, 6.45) is 0. The van der Waals surface area contributed by atoms with Gasteiger partial charge in [-0.15, -0.1) is 0 Å². The van der Waals surface area contributed by atoms with Crippen LogP contribution in [0, 0.1) is 0 Å². The quantitative estimate of drug-likeness (QED) is 0.749. The van der Waals surface area contributed by atoms with E-state index in [9.17, 15) is 4.79 Å². The van der Waals surface area contributed by atoms with E-state index in [2.05, 4.69) is 5.32 Å². The number of nitrogens with one attached hydrogen (secondary N) is 1. The van der Waals surface area contributed by atoms with Gasteiger partial charge in [0.2, 0.25) is 0 Å². The molecule has 0 atom stereocenters. The van der Waals surface area contributed by atoms with E-state index in [1.54, 1.807) is 24.3 Å². The van der Waals surface area contributed by atoms with Gasteiger partial charge in [0.25, 0.3) is 0 Å². The van der Waals surface area contributed by atoms with Gasteiger partial charge in [0, 0.05) is 16.6 Å². The summed E-state index contributed by atoms with van der Waals surface area (Å²) in [4.78, 5) is 10.9. The number of benzene rings is 2. The molecule has 0 bridgehead atoms. The number of nitrogens with two attached hydrogens (primary N) is 1. The van der Waals surface area contributed by atoms with Crippen LogP contribution in [0.2, 0.25) is 10.0 Å². The van der Waals surface area contributed by atoms with E-state index >= 15 is 0 Å². The standard InChI is InChI=1S/C14H12Cl2N2O2/c15-10-3-1-9(11(16)6-10)7-18-13-5-8(14(19)20)2-4-12(13)17/h1-6,18H,7,17H2,(H,19,20). The highest BCUT2D eigenvalue weighted by Crippen LogP contribution is 2.24. The molecule has 0 saturated carbocycles. The summed E-state index contributed by atoms with van der Waals surface area (Å²) in [7, 11) is 0. The minimum atomic E-state index is -1.00. The van der Waals surface area contributed by atoms with Crippen LogP contribution in [0.15, 0.2) is 36.4 Å². The van der Waals surface area contributed by atoms with Crippen molar-refractivity contribution >= 4 is 40.5 Å². The summed E-state index contributed by atoms with van der Waals surface area (Å²) in [5.41, 5.74) is 7.84. The van der Waals surface area contributed by atoms with E-state index in [0.717, 1.165) is 5.56 Å². The highest BCUT2D eigenvalue weighted by molar-refractivity contribution is 6.35. The Balaban J connectivity index is 2.18. The number of halogens is 2. The lowest BCUT2D eigenvalue weighted by atomic mass is 10.1. The van der Waals surface area contributed by atoms with Gasteiger partial charge in [-0.2, -0.15) is 0 Å². The average molecular weight is 311 g/mol. The van der Waals surface area contributed by atoms with Crippen LogP contribution in [0.25, 0.3) is 0 Å². The van der Waals surface area contributed by atoms with Crippen molar-refractivity contribution in [2.45, 2.75) is 6.54 Å². The van der Waals surface area contributed by atoms with Crippen molar-refractivity contribution in [3.05, 3.63) is 57.6 Å².